The number of carbonyl (C=O) groups excluding carboxylic acids is 2. The number of hydrogen-bond donors (Lipinski definition) is 0. The number of rotatable bonds is 4. The molecule has 2 aliphatic heterocycles. The molecule has 2 fully saturated rings. The van der Waals surface area contributed by atoms with E-state index in [-0.39, 0.29) is 43.3 Å². The Morgan fingerprint density at radius 2 is 1.68 bits per heavy atom. The van der Waals surface area contributed by atoms with Crippen LogP contribution in [0.5, 0.6) is 0 Å². The Balaban J connectivity index is 1.44. The molecule has 202 valence electrons. The van der Waals surface area contributed by atoms with Gasteiger partial charge in [0, 0.05) is 43.2 Å². The summed E-state index contributed by atoms with van der Waals surface area (Å²) in [6.07, 6.45) is -1.28. The predicted molar refractivity (Wildman–Crippen MR) is 135 cm³/mol. The molecule has 7 nitrogen and oxygen atoms in total. The summed E-state index contributed by atoms with van der Waals surface area (Å²) in [4.78, 5) is 27.6. The van der Waals surface area contributed by atoms with Gasteiger partial charge in [-0.1, -0.05) is 29.8 Å². The third-order valence-electron chi connectivity index (χ3n) is 7.82. The Morgan fingerprint density at radius 3 is 2.34 bits per heavy atom. The Labute approximate surface area is 218 Å². The second kappa shape index (κ2) is 9.44. The minimum absolute atomic E-state index is 0.0719. The molecular weight excluding hydrogens is 519 g/mol. The number of fused-ring (bicyclic) bond motifs is 1. The third kappa shape index (κ3) is 4.57. The second-order valence-electron chi connectivity index (χ2n) is 10.1. The van der Waals surface area contributed by atoms with Crippen LogP contribution in [-0.4, -0.2) is 58.8 Å². The summed E-state index contributed by atoms with van der Waals surface area (Å²) < 4.78 is 66.8. The average Bonchev–Trinajstić information content (AvgIpc) is 3.32. The number of benzene rings is 2. The molecule has 0 N–H and O–H groups in total. The van der Waals surface area contributed by atoms with Gasteiger partial charge >= 0.3 is 12.1 Å². The van der Waals surface area contributed by atoms with Crippen LogP contribution in [-0.2, 0) is 26.2 Å². The maximum atomic E-state index is 13.4. The van der Waals surface area contributed by atoms with Crippen molar-refractivity contribution >= 4 is 32.7 Å². The van der Waals surface area contributed by atoms with Crippen molar-refractivity contribution in [2.24, 2.45) is 0 Å². The minimum atomic E-state index is -4.92. The first kappa shape index (κ1) is 26.3. The van der Waals surface area contributed by atoms with Crippen molar-refractivity contribution in [2.75, 3.05) is 13.1 Å². The van der Waals surface area contributed by atoms with Crippen LogP contribution in [0.3, 0.4) is 0 Å². The number of piperidine rings is 2. The van der Waals surface area contributed by atoms with Gasteiger partial charge in [-0.25, -0.2) is 12.4 Å². The van der Waals surface area contributed by atoms with Crippen molar-refractivity contribution < 1.29 is 31.2 Å². The van der Waals surface area contributed by atoms with Crippen molar-refractivity contribution in [1.29, 1.82) is 0 Å². The lowest BCUT2D eigenvalue weighted by molar-refractivity contribution is -0.188. The standard InChI is InChI=1S/C27H28F3N3O4S/c1-19-7-9-21(10-8-19)38(36,37)33-15-11-22-20(4-2-5-23(22)33)18-32-24(34)6-3-12-26(32)13-16-31(17-14-26)25(35)27(28,29)30/h2,4-5,7-11,15H,3,6,12-14,16-18H2,1H3. The van der Waals surface area contributed by atoms with Gasteiger partial charge in [0.05, 0.1) is 10.4 Å². The molecule has 2 aliphatic rings. The molecule has 0 atom stereocenters. The van der Waals surface area contributed by atoms with Gasteiger partial charge in [0.2, 0.25) is 5.91 Å². The second-order valence-corrected chi connectivity index (χ2v) is 11.9. The summed E-state index contributed by atoms with van der Waals surface area (Å²) in [7, 11) is -3.85. The first-order valence-corrected chi connectivity index (χ1v) is 13.9. The van der Waals surface area contributed by atoms with Crippen LogP contribution < -0.4 is 0 Å². The first-order chi connectivity index (χ1) is 17.9. The summed E-state index contributed by atoms with van der Waals surface area (Å²) >= 11 is 0. The molecule has 1 aromatic heterocycles. The Hall–Kier alpha value is -3.34. The lowest BCUT2D eigenvalue weighted by atomic mass is 9.78. The number of alkyl halides is 3. The maximum absolute atomic E-state index is 13.4. The molecule has 0 radical (unpaired) electrons. The molecular formula is C27H28F3N3O4S. The molecule has 1 spiro atoms. The number of nitrogens with zero attached hydrogens (tertiary/aromatic N) is 3. The fourth-order valence-electron chi connectivity index (χ4n) is 5.73. The highest BCUT2D eigenvalue weighted by Crippen LogP contribution is 2.40. The normalized spacial score (nSPS) is 18.4. The van der Waals surface area contributed by atoms with Crippen molar-refractivity contribution in [3.05, 3.63) is 65.9 Å². The number of halogens is 3. The van der Waals surface area contributed by atoms with E-state index in [1.807, 2.05) is 13.0 Å². The lowest BCUT2D eigenvalue weighted by Crippen LogP contribution is -2.60. The topological polar surface area (TPSA) is 79.7 Å². The van der Waals surface area contributed by atoms with Gasteiger partial charge in [-0.15, -0.1) is 0 Å². The molecule has 0 aliphatic carbocycles. The molecule has 0 saturated carbocycles. The molecule has 5 rings (SSSR count). The number of carbonyl (C=O) groups is 2. The number of aryl methyl sites for hydroxylation is 1. The fourth-order valence-corrected chi connectivity index (χ4v) is 7.08. The quantitative estimate of drug-likeness (QED) is 0.478. The minimum Gasteiger partial charge on any atom is -0.335 e. The van der Waals surface area contributed by atoms with Crippen molar-refractivity contribution in [3.63, 3.8) is 0 Å². The van der Waals surface area contributed by atoms with E-state index in [9.17, 15) is 31.2 Å². The van der Waals surface area contributed by atoms with Gasteiger partial charge in [-0.3, -0.25) is 9.59 Å². The van der Waals surface area contributed by atoms with Crippen LogP contribution in [0.1, 0.15) is 43.2 Å². The van der Waals surface area contributed by atoms with Crippen molar-refractivity contribution in [1.82, 2.24) is 13.8 Å². The van der Waals surface area contributed by atoms with Crippen molar-refractivity contribution in [3.8, 4) is 0 Å². The molecule has 2 aromatic carbocycles. The van der Waals surface area contributed by atoms with E-state index in [4.69, 9.17) is 0 Å². The lowest BCUT2D eigenvalue weighted by Gasteiger charge is -2.51. The maximum Gasteiger partial charge on any atom is 0.471 e. The van der Waals surface area contributed by atoms with E-state index < -0.39 is 27.6 Å². The highest BCUT2D eigenvalue weighted by Gasteiger charge is 2.49. The summed E-state index contributed by atoms with van der Waals surface area (Å²) in [6, 6.07) is 13.6. The van der Waals surface area contributed by atoms with Gasteiger partial charge in [0.25, 0.3) is 10.0 Å². The number of amides is 2. The van der Waals surface area contributed by atoms with E-state index in [0.717, 1.165) is 16.0 Å². The van der Waals surface area contributed by atoms with Crippen LogP contribution in [0.25, 0.3) is 10.9 Å². The van der Waals surface area contributed by atoms with E-state index >= 15 is 0 Å². The van der Waals surface area contributed by atoms with Crippen LogP contribution in [0.4, 0.5) is 13.2 Å². The summed E-state index contributed by atoms with van der Waals surface area (Å²) in [5, 5.41) is 0.682. The van der Waals surface area contributed by atoms with E-state index in [1.165, 1.54) is 10.2 Å². The van der Waals surface area contributed by atoms with E-state index in [0.29, 0.717) is 30.2 Å². The molecule has 0 bridgehead atoms. The summed E-state index contributed by atoms with van der Waals surface area (Å²) in [5.41, 5.74) is 1.53. The summed E-state index contributed by atoms with van der Waals surface area (Å²) in [6.45, 7) is 1.94. The zero-order chi connectivity index (χ0) is 27.3. The first-order valence-electron chi connectivity index (χ1n) is 12.5. The van der Waals surface area contributed by atoms with Gasteiger partial charge in [0.15, 0.2) is 0 Å². The van der Waals surface area contributed by atoms with Crippen molar-refractivity contribution in [2.45, 2.75) is 62.2 Å². The molecule has 0 unspecified atom stereocenters. The SMILES string of the molecule is Cc1ccc(S(=O)(=O)n2ccc3c(CN4C(=O)CCCC45CCN(C(=O)C(F)(F)F)CC5)cccc32)cc1. The van der Waals surface area contributed by atoms with Crippen LogP contribution in [0.2, 0.25) is 0 Å². The number of likely N-dealkylation sites (tertiary alicyclic amines) is 2. The number of aromatic nitrogens is 1. The zero-order valence-corrected chi connectivity index (χ0v) is 21.7. The Morgan fingerprint density at radius 1 is 1.00 bits per heavy atom. The smallest absolute Gasteiger partial charge is 0.335 e. The van der Waals surface area contributed by atoms with Gasteiger partial charge in [-0.2, -0.15) is 13.2 Å². The molecule has 3 heterocycles. The average molecular weight is 548 g/mol. The molecule has 2 saturated heterocycles. The predicted octanol–water partition coefficient (Wildman–Crippen LogP) is 4.62. The van der Waals surface area contributed by atoms with Gasteiger partial charge in [-0.05, 0) is 62.4 Å². The zero-order valence-electron chi connectivity index (χ0n) is 20.9. The Kier molecular flexibility index (Phi) is 6.53. The summed E-state index contributed by atoms with van der Waals surface area (Å²) in [5.74, 6) is -1.93. The monoisotopic (exact) mass is 547 g/mol. The van der Waals surface area contributed by atoms with Crippen LogP contribution >= 0.6 is 0 Å². The van der Waals surface area contributed by atoms with Gasteiger partial charge < -0.3 is 9.80 Å². The van der Waals surface area contributed by atoms with Gasteiger partial charge in [0.1, 0.15) is 0 Å². The fraction of sp³-hybridized carbons (Fsp3) is 0.407. The largest absolute Gasteiger partial charge is 0.471 e. The molecule has 3 aromatic rings. The molecule has 38 heavy (non-hydrogen) atoms. The Bertz CT molecular complexity index is 1490. The van der Waals surface area contributed by atoms with Crippen LogP contribution in [0, 0.1) is 6.92 Å². The van der Waals surface area contributed by atoms with Crippen LogP contribution in [0.15, 0.2) is 59.6 Å². The van der Waals surface area contributed by atoms with E-state index in [2.05, 4.69) is 0 Å². The third-order valence-corrected chi connectivity index (χ3v) is 9.53. The highest BCUT2D eigenvalue weighted by atomic mass is 32.2. The highest BCUT2D eigenvalue weighted by molar-refractivity contribution is 7.90. The number of hydrogen-bond acceptors (Lipinski definition) is 4. The molecule has 11 heteroatoms. The molecule has 2 amide bonds. The van der Waals surface area contributed by atoms with E-state index in [1.54, 1.807) is 47.4 Å².